The molecule has 0 fully saturated rings. The number of carbonyl (C=O) groups excluding carboxylic acids is 2. The van der Waals surface area contributed by atoms with Crippen molar-refractivity contribution in [1.29, 1.82) is 0 Å². The highest BCUT2D eigenvalue weighted by atomic mass is 16.5. The molecule has 1 N–H and O–H groups in total. The number of phenolic OH excluding ortho intramolecular Hbond substituents is 1. The van der Waals surface area contributed by atoms with Gasteiger partial charge in [0.2, 0.25) is 5.78 Å². The van der Waals surface area contributed by atoms with Gasteiger partial charge in [-0.3, -0.25) is 4.79 Å². The van der Waals surface area contributed by atoms with Crippen molar-refractivity contribution in [3.8, 4) is 5.75 Å². The molecule has 1 heterocycles. The Bertz CT molecular complexity index is 787. The molecular weight excluding hydrogens is 306 g/mol. The lowest BCUT2D eigenvalue weighted by Crippen LogP contribution is -2.15. The lowest BCUT2D eigenvalue weighted by Gasteiger charge is -2.13. The minimum Gasteiger partial charge on any atom is -0.507 e. The summed E-state index contributed by atoms with van der Waals surface area (Å²) in [5, 5.41) is 9.91. The number of Topliss-reactive ketones (excluding diaryl/α,β-unsaturated/α-hetero) is 1. The quantitative estimate of drug-likeness (QED) is 0.670. The average Bonchev–Trinajstić information content (AvgIpc) is 2.82. The Labute approximate surface area is 141 Å². The van der Waals surface area contributed by atoms with Crippen LogP contribution < -0.4 is 0 Å². The molecule has 2 aromatic rings. The standard InChI is InChI=1S/C19H23NO4/c1-11(2)20-13(4)9-16(14(20)5)17(21)10-24-19(23)15-8-6-7-12(3)18(15)22/h6-9,11,22H,10H2,1-5H3. The number of para-hydroxylation sites is 1. The molecule has 5 heteroatoms. The van der Waals surface area contributed by atoms with Gasteiger partial charge in [0, 0.05) is 23.0 Å². The van der Waals surface area contributed by atoms with E-state index in [1.54, 1.807) is 19.1 Å². The van der Waals surface area contributed by atoms with Gasteiger partial charge in [0.15, 0.2) is 6.61 Å². The zero-order valence-corrected chi connectivity index (χ0v) is 14.7. The van der Waals surface area contributed by atoms with Gasteiger partial charge in [-0.1, -0.05) is 12.1 Å². The molecule has 0 aliphatic rings. The molecule has 24 heavy (non-hydrogen) atoms. The SMILES string of the molecule is Cc1cccc(C(=O)OCC(=O)c2cc(C)n(C(C)C)c2C)c1O. The van der Waals surface area contributed by atoms with Crippen molar-refractivity contribution in [3.63, 3.8) is 0 Å². The minimum absolute atomic E-state index is 0.0652. The van der Waals surface area contributed by atoms with Crippen LogP contribution in [0.5, 0.6) is 5.75 Å². The van der Waals surface area contributed by atoms with Gasteiger partial charge >= 0.3 is 5.97 Å². The highest BCUT2D eigenvalue weighted by molar-refractivity contribution is 6.01. The molecule has 0 unspecified atom stereocenters. The number of rotatable bonds is 5. The van der Waals surface area contributed by atoms with Gasteiger partial charge in [0.1, 0.15) is 11.3 Å². The van der Waals surface area contributed by atoms with Crippen molar-refractivity contribution < 1.29 is 19.4 Å². The van der Waals surface area contributed by atoms with Crippen molar-refractivity contribution >= 4 is 11.8 Å². The molecule has 0 spiro atoms. The van der Waals surface area contributed by atoms with Gasteiger partial charge in [-0.2, -0.15) is 0 Å². The molecule has 0 aliphatic heterocycles. The molecule has 0 atom stereocenters. The van der Waals surface area contributed by atoms with Crippen LogP contribution in [0.2, 0.25) is 0 Å². The first-order valence-corrected chi connectivity index (χ1v) is 7.91. The minimum atomic E-state index is -0.706. The fraction of sp³-hybridized carbons (Fsp3) is 0.368. The van der Waals surface area contributed by atoms with Gasteiger partial charge in [-0.05, 0) is 52.3 Å². The van der Waals surface area contributed by atoms with Crippen LogP contribution in [-0.4, -0.2) is 28.0 Å². The van der Waals surface area contributed by atoms with Crippen LogP contribution in [0, 0.1) is 20.8 Å². The molecule has 0 bridgehead atoms. The highest BCUT2D eigenvalue weighted by Gasteiger charge is 2.20. The van der Waals surface area contributed by atoms with Gasteiger partial charge in [-0.15, -0.1) is 0 Å². The number of hydrogen-bond donors (Lipinski definition) is 1. The third-order valence-corrected chi connectivity index (χ3v) is 4.09. The maximum atomic E-state index is 12.4. The van der Waals surface area contributed by atoms with Gasteiger partial charge in [0.25, 0.3) is 0 Å². The van der Waals surface area contributed by atoms with Gasteiger partial charge in [-0.25, -0.2) is 4.79 Å². The molecule has 0 amide bonds. The number of aromatic nitrogens is 1. The molecule has 0 radical (unpaired) electrons. The second-order valence-corrected chi connectivity index (χ2v) is 6.22. The van der Waals surface area contributed by atoms with Gasteiger partial charge < -0.3 is 14.4 Å². The Balaban J connectivity index is 2.13. The normalized spacial score (nSPS) is 10.9. The zero-order chi connectivity index (χ0) is 18.0. The summed E-state index contributed by atoms with van der Waals surface area (Å²) in [7, 11) is 0. The lowest BCUT2D eigenvalue weighted by molar-refractivity contribution is 0.0471. The Morgan fingerprint density at radius 3 is 2.42 bits per heavy atom. The monoisotopic (exact) mass is 329 g/mol. The maximum Gasteiger partial charge on any atom is 0.342 e. The van der Waals surface area contributed by atoms with Crippen LogP contribution in [-0.2, 0) is 4.74 Å². The van der Waals surface area contributed by atoms with Crippen molar-refractivity contribution in [2.24, 2.45) is 0 Å². The van der Waals surface area contributed by atoms with E-state index in [-0.39, 0.29) is 29.7 Å². The number of ether oxygens (including phenoxy) is 1. The van der Waals surface area contributed by atoms with E-state index in [0.717, 1.165) is 11.4 Å². The van der Waals surface area contributed by atoms with Gasteiger partial charge in [0.05, 0.1) is 0 Å². The fourth-order valence-corrected chi connectivity index (χ4v) is 2.96. The van der Waals surface area contributed by atoms with E-state index in [0.29, 0.717) is 11.1 Å². The summed E-state index contributed by atoms with van der Waals surface area (Å²) in [5.74, 6) is -1.08. The van der Waals surface area contributed by atoms with Crippen molar-refractivity contribution in [3.05, 3.63) is 52.3 Å². The summed E-state index contributed by atoms with van der Waals surface area (Å²) in [6.07, 6.45) is 0. The summed E-state index contributed by atoms with van der Waals surface area (Å²) in [5.41, 5.74) is 3.06. The fourth-order valence-electron chi connectivity index (χ4n) is 2.96. The largest absolute Gasteiger partial charge is 0.507 e. The number of ketones is 1. The predicted octanol–water partition coefficient (Wildman–Crippen LogP) is 3.74. The number of aryl methyl sites for hydroxylation is 2. The van der Waals surface area contributed by atoms with E-state index in [9.17, 15) is 14.7 Å². The van der Waals surface area contributed by atoms with Crippen LogP contribution >= 0.6 is 0 Å². The number of hydrogen-bond acceptors (Lipinski definition) is 4. The zero-order valence-electron chi connectivity index (χ0n) is 14.7. The topological polar surface area (TPSA) is 68.5 Å². The molecule has 2 rings (SSSR count). The van der Waals surface area contributed by atoms with Crippen molar-refractivity contribution in [1.82, 2.24) is 4.57 Å². The number of aromatic hydroxyl groups is 1. The highest BCUT2D eigenvalue weighted by Crippen LogP contribution is 2.23. The van der Waals surface area contributed by atoms with E-state index in [2.05, 4.69) is 18.4 Å². The molecule has 5 nitrogen and oxygen atoms in total. The first-order valence-electron chi connectivity index (χ1n) is 7.91. The van der Waals surface area contributed by atoms with Crippen LogP contribution in [0.15, 0.2) is 24.3 Å². The summed E-state index contributed by atoms with van der Waals surface area (Å²) in [4.78, 5) is 24.5. The molecule has 1 aromatic heterocycles. The van der Waals surface area contributed by atoms with E-state index in [1.165, 1.54) is 6.07 Å². The number of benzene rings is 1. The van der Waals surface area contributed by atoms with Crippen LogP contribution in [0.25, 0.3) is 0 Å². The number of phenols is 1. The van der Waals surface area contributed by atoms with Crippen molar-refractivity contribution in [2.75, 3.05) is 6.61 Å². The van der Waals surface area contributed by atoms with E-state index < -0.39 is 5.97 Å². The Kier molecular flexibility index (Phi) is 5.12. The second kappa shape index (κ2) is 6.91. The summed E-state index contributed by atoms with van der Waals surface area (Å²) in [6.45, 7) is 9.27. The number of carbonyl (C=O) groups is 2. The van der Waals surface area contributed by atoms with E-state index >= 15 is 0 Å². The van der Waals surface area contributed by atoms with Crippen LogP contribution in [0.3, 0.4) is 0 Å². The smallest absolute Gasteiger partial charge is 0.342 e. The first-order chi connectivity index (χ1) is 11.2. The molecule has 1 aromatic carbocycles. The van der Waals surface area contributed by atoms with Crippen molar-refractivity contribution in [2.45, 2.75) is 40.7 Å². The lowest BCUT2D eigenvalue weighted by atomic mass is 10.1. The molecule has 0 saturated heterocycles. The molecular formula is C19H23NO4. The molecule has 128 valence electrons. The summed E-state index contributed by atoms with van der Waals surface area (Å²) < 4.78 is 7.16. The first kappa shape index (κ1) is 17.8. The summed E-state index contributed by atoms with van der Waals surface area (Å²) >= 11 is 0. The average molecular weight is 329 g/mol. The summed E-state index contributed by atoms with van der Waals surface area (Å²) in [6, 6.07) is 6.88. The van der Waals surface area contributed by atoms with Crippen LogP contribution in [0.4, 0.5) is 0 Å². The molecule has 0 saturated carbocycles. The Hall–Kier alpha value is -2.56. The maximum absolute atomic E-state index is 12.4. The predicted molar refractivity (Wildman–Crippen MR) is 91.7 cm³/mol. The van der Waals surface area contributed by atoms with E-state index in [1.807, 2.05) is 19.9 Å². The number of nitrogens with zero attached hydrogens (tertiary/aromatic N) is 1. The van der Waals surface area contributed by atoms with E-state index in [4.69, 9.17) is 4.74 Å². The second-order valence-electron chi connectivity index (χ2n) is 6.22. The Morgan fingerprint density at radius 1 is 1.17 bits per heavy atom. The van der Waals surface area contributed by atoms with Crippen LogP contribution in [0.1, 0.15) is 57.6 Å². The number of esters is 1. The Morgan fingerprint density at radius 2 is 1.83 bits per heavy atom. The molecule has 0 aliphatic carbocycles. The third kappa shape index (κ3) is 3.35. The third-order valence-electron chi connectivity index (χ3n) is 4.09.